The lowest BCUT2D eigenvalue weighted by Gasteiger charge is -2.14. The number of methoxy groups -OCH3 is 1. The van der Waals surface area contributed by atoms with Crippen molar-refractivity contribution >= 4 is 33.9 Å². The average molecular weight is 403 g/mol. The van der Waals surface area contributed by atoms with E-state index in [1.807, 2.05) is 30.3 Å². The smallest absolute Gasteiger partial charge is 0.326 e. The second-order valence-corrected chi connectivity index (χ2v) is 6.13. The molecule has 1 saturated heterocycles. The first kappa shape index (κ1) is 17.0. The minimum absolute atomic E-state index is 0.178. The monoisotopic (exact) mass is 402 g/mol. The number of rotatable bonds is 5. The van der Waals surface area contributed by atoms with Crippen molar-refractivity contribution in [2.24, 2.45) is 0 Å². The predicted octanol–water partition coefficient (Wildman–Crippen LogP) is 3.22. The molecular formula is C18H15BrN2O4. The summed E-state index contributed by atoms with van der Waals surface area (Å²) in [4.78, 5) is 22.8. The second kappa shape index (κ2) is 7.40. The van der Waals surface area contributed by atoms with Crippen LogP contribution in [0.1, 0.15) is 11.1 Å². The van der Waals surface area contributed by atoms with E-state index >= 15 is 0 Å². The molecule has 2 N–H and O–H groups in total. The largest absolute Gasteiger partial charge is 0.493 e. The first-order valence-electron chi connectivity index (χ1n) is 7.45. The van der Waals surface area contributed by atoms with Crippen molar-refractivity contribution in [2.75, 3.05) is 7.11 Å². The summed E-state index contributed by atoms with van der Waals surface area (Å²) in [7, 11) is 1.54. The molecule has 0 spiro atoms. The maximum Gasteiger partial charge on any atom is 0.326 e. The molecule has 0 bridgehead atoms. The van der Waals surface area contributed by atoms with Gasteiger partial charge in [-0.2, -0.15) is 0 Å². The molecule has 0 unspecified atom stereocenters. The van der Waals surface area contributed by atoms with E-state index < -0.39 is 11.9 Å². The molecule has 2 aromatic rings. The summed E-state index contributed by atoms with van der Waals surface area (Å²) in [5, 5.41) is 4.60. The van der Waals surface area contributed by atoms with Gasteiger partial charge in [0.05, 0.1) is 11.6 Å². The first-order valence-corrected chi connectivity index (χ1v) is 8.24. The minimum atomic E-state index is -0.537. The molecular weight excluding hydrogens is 388 g/mol. The van der Waals surface area contributed by atoms with Crippen molar-refractivity contribution in [1.82, 2.24) is 10.6 Å². The molecule has 0 saturated carbocycles. The summed E-state index contributed by atoms with van der Waals surface area (Å²) in [6.07, 6.45) is 1.56. The van der Waals surface area contributed by atoms with Crippen molar-refractivity contribution in [2.45, 2.75) is 6.61 Å². The van der Waals surface area contributed by atoms with Crippen LogP contribution >= 0.6 is 15.9 Å². The standard InChI is InChI=1S/C18H15BrN2O4/c1-24-15-9-12(8-14-17(22)21-18(23)20-14)7-13(19)16(15)25-10-11-5-3-2-4-6-11/h2-9H,10H2,1H3,(H2,20,21,22,23)/b14-8+. The lowest BCUT2D eigenvalue weighted by molar-refractivity contribution is -0.115. The highest BCUT2D eigenvalue weighted by atomic mass is 79.9. The van der Waals surface area contributed by atoms with Crippen LogP contribution in [0.3, 0.4) is 0 Å². The number of hydrogen-bond acceptors (Lipinski definition) is 4. The summed E-state index contributed by atoms with van der Waals surface area (Å²) >= 11 is 3.47. The molecule has 1 fully saturated rings. The van der Waals surface area contributed by atoms with E-state index in [0.717, 1.165) is 5.56 Å². The topological polar surface area (TPSA) is 76.7 Å². The van der Waals surface area contributed by atoms with E-state index in [-0.39, 0.29) is 5.70 Å². The Morgan fingerprint density at radius 3 is 2.52 bits per heavy atom. The number of benzene rings is 2. The molecule has 6 nitrogen and oxygen atoms in total. The van der Waals surface area contributed by atoms with Gasteiger partial charge in [-0.05, 0) is 45.3 Å². The molecule has 25 heavy (non-hydrogen) atoms. The van der Waals surface area contributed by atoms with Gasteiger partial charge in [0.2, 0.25) is 0 Å². The Morgan fingerprint density at radius 1 is 1.12 bits per heavy atom. The molecule has 1 aliphatic heterocycles. The van der Waals surface area contributed by atoms with Crippen LogP contribution in [0.5, 0.6) is 11.5 Å². The fourth-order valence-corrected chi connectivity index (χ4v) is 2.92. The summed E-state index contributed by atoms with van der Waals surface area (Å²) < 4.78 is 11.9. The van der Waals surface area contributed by atoms with Crippen LogP contribution in [0.15, 0.2) is 52.6 Å². The van der Waals surface area contributed by atoms with Crippen LogP contribution in [0.4, 0.5) is 4.79 Å². The van der Waals surface area contributed by atoms with E-state index in [2.05, 4.69) is 26.6 Å². The molecule has 7 heteroatoms. The van der Waals surface area contributed by atoms with Gasteiger partial charge in [-0.15, -0.1) is 0 Å². The third-order valence-corrected chi connectivity index (χ3v) is 4.10. The number of ether oxygens (including phenoxy) is 2. The lowest BCUT2D eigenvalue weighted by Crippen LogP contribution is -2.22. The molecule has 1 aliphatic rings. The molecule has 2 aromatic carbocycles. The van der Waals surface area contributed by atoms with Gasteiger partial charge in [0.15, 0.2) is 11.5 Å². The van der Waals surface area contributed by atoms with Gasteiger partial charge in [-0.1, -0.05) is 30.3 Å². The van der Waals surface area contributed by atoms with E-state index in [0.29, 0.717) is 28.1 Å². The van der Waals surface area contributed by atoms with Crippen LogP contribution in [0, 0.1) is 0 Å². The van der Waals surface area contributed by atoms with Gasteiger partial charge in [-0.3, -0.25) is 10.1 Å². The highest BCUT2D eigenvalue weighted by molar-refractivity contribution is 9.10. The van der Waals surface area contributed by atoms with E-state index in [1.165, 1.54) is 7.11 Å². The number of carbonyl (C=O) groups is 2. The SMILES string of the molecule is COc1cc(/C=C2/NC(=O)NC2=O)cc(Br)c1OCc1ccccc1. The van der Waals surface area contributed by atoms with Crippen molar-refractivity contribution in [3.05, 3.63) is 63.8 Å². The number of carbonyl (C=O) groups excluding carboxylic acids is 2. The third-order valence-electron chi connectivity index (χ3n) is 3.51. The summed E-state index contributed by atoms with van der Waals surface area (Å²) in [6, 6.07) is 12.8. The van der Waals surface area contributed by atoms with Crippen molar-refractivity contribution in [1.29, 1.82) is 0 Å². The van der Waals surface area contributed by atoms with Gasteiger partial charge in [0, 0.05) is 0 Å². The van der Waals surface area contributed by atoms with Crippen LogP contribution in [0.25, 0.3) is 6.08 Å². The van der Waals surface area contributed by atoms with Crippen LogP contribution in [0.2, 0.25) is 0 Å². The Morgan fingerprint density at radius 2 is 1.88 bits per heavy atom. The van der Waals surface area contributed by atoms with E-state index in [4.69, 9.17) is 9.47 Å². The Balaban J connectivity index is 1.85. The van der Waals surface area contributed by atoms with Crippen molar-refractivity contribution in [3.63, 3.8) is 0 Å². The predicted molar refractivity (Wildman–Crippen MR) is 96.1 cm³/mol. The van der Waals surface area contributed by atoms with Crippen LogP contribution < -0.4 is 20.1 Å². The molecule has 0 aliphatic carbocycles. The molecule has 0 radical (unpaired) electrons. The number of halogens is 1. The number of urea groups is 1. The van der Waals surface area contributed by atoms with Gasteiger partial charge in [0.25, 0.3) is 5.91 Å². The third kappa shape index (κ3) is 4.00. The lowest BCUT2D eigenvalue weighted by atomic mass is 10.1. The van der Waals surface area contributed by atoms with Crippen LogP contribution in [-0.4, -0.2) is 19.0 Å². The quantitative estimate of drug-likeness (QED) is 0.594. The van der Waals surface area contributed by atoms with Crippen molar-refractivity contribution < 1.29 is 19.1 Å². The van der Waals surface area contributed by atoms with Gasteiger partial charge in [-0.25, -0.2) is 4.79 Å². The highest BCUT2D eigenvalue weighted by Gasteiger charge is 2.23. The molecule has 128 valence electrons. The second-order valence-electron chi connectivity index (χ2n) is 5.27. The van der Waals surface area contributed by atoms with Gasteiger partial charge < -0.3 is 14.8 Å². The van der Waals surface area contributed by atoms with Gasteiger partial charge >= 0.3 is 6.03 Å². The molecule has 0 atom stereocenters. The highest BCUT2D eigenvalue weighted by Crippen LogP contribution is 2.37. The fourth-order valence-electron chi connectivity index (χ4n) is 2.34. The molecule has 3 amide bonds. The summed E-state index contributed by atoms with van der Waals surface area (Å²) in [6.45, 7) is 0.398. The Kier molecular flexibility index (Phi) is 5.04. The van der Waals surface area contributed by atoms with Crippen LogP contribution in [-0.2, 0) is 11.4 Å². The zero-order valence-corrected chi connectivity index (χ0v) is 14.9. The normalized spacial score (nSPS) is 15.0. The average Bonchev–Trinajstić information content (AvgIpc) is 2.91. The maximum atomic E-state index is 11.6. The van der Waals surface area contributed by atoms with E-state index in [9.17, 15) is 9.59 Å². The zero-order valence-electron chi connectivity index (χ0n) is 13.3. The molecule has 1 heterocycles. The minimum Gasteiger partial charge on any atom is -0.493 e. The number of imide groups is 1. The van der Waals surface area contributed by atoms with Crippen molar-refractivity contribution in [3.8, 4) is 11.5 Å². The summed E-state index contributed by atoms with van der Waals surface area (Å²) in [5.74, 6) is 0.611. The van der Waals surface area contributed by atoms with E-state index in [1.54, 1.807) is 18.2 Å². The number of hydrogen-bond donors (Lipinski definition) is 2. The molecule has 0 aromatic heterocycles. The maximum absolute atomic E-state index is 11.6. The summed E-state index contributed by atoms with van der Waals surface area (Å²) in [5.41, 5.74) is 1.90. The Labute approximate surface area is 153 Å². The fraction of sp³-hybridized carbons (Fsp3) is 0.111. The Bertz CT molecular complexity index is 850. The molecule has 3 rings (SSSR count). The Hall–Kier alpha value is -2.80. The first-order chi connectivity index (χ1) is 12.1. The number of amides is 3. The van der Waals surface area contributed by atoms with Gasteiger partial charge in [0.1, 0.15) is 12.3 Å². The zero-order chi connectivity index (χ0) is 17.8. The number of nitrogens with one attached hydrogen (secondary N) is 2.